The van der Waals surface area contributed by atoms with E-state index < -0.39 is 34.1 Å². The molecule has 0 aliphatic carbocycles. The number of fused-ring (bicyclic) bond motifs is 5. The molecule has 0 saturated carbocycles. The minimum Gasteiger partial charge on any atom is -0.247 e. The molecule has 234 valence electrons. The molecular weight excluding hydrogens is 635 g/mol. The van der Waals surface area contributed by atoms with E-state index in [0.717, 1.165) is 11.1 Å². The second kappa shape index (κ2) is 11.7. The van der Waals surface area contributed by atoms with Crippen LogP contribution in [0.4, 0.5) is 13.2 Å². The van der Waals surface area contributed by atoms with Gasteiger partial charge in [-0.1, -0.05) is 72.8 Å². The number of rotatable bonds is 4. The van der Waals surface area contributed by atoms with Crippen molar-refractivity contribution in [2.75, 3.05) is 0 Å². The number of para-hydroxylation sites is 1. The summed E-state index contributed by atoms with van der Waals surface area (Å²) in [6, 6.07) is 37.5. The lowest BCUT2D eigenvalue weighted by atomic mass is 9.91. The Morgan fingerprint density at radius 1 is 0.560 bits per heavy atom. The molecule has 0 spiro atoms. The molecule has 2 aromatic heterocycles. The molecule has 0 aliphatic heterocycles. The normalized spacial score (nSPS) is 11.0. The molecule has 10 heteroatoms. The predicted molar refractivity (Wildman–Crippen MR) is 182 cm³/mol. The predicted octanol–water partition coefficient (Wildman–Crippen LogP) is 9.16. The first-order chi connectivity index (χ1) is 24.4. The highest BCUT2D eigenvalue weighted by Crippen LogP contribution is 2.43. The Hall–Kier alpha value is -7.35. The maximum absolute atomic E-state index is 16.1. The maximum atomic E-state index is 16.1. The Morgan fingerprint density at radius 2 is 1.18 bits per heavy atom. The molecule has 2 heterocycles. The van der Waals surface area contributed by atoms with Crippen LogP contribution < -0.4 is 0 Å². The summed E-state index contributed by atoms with van der Waals surface area (Å²) >= 11 is 0. The minimum absolute atomic E-state index is 0.0567. The number of benzene rings is 6. The smallest absolute Gasteiger partial charge is 0.164 e. The SMILES string of the molecule is N#Cc1ccc(-c2ccc3c(c2)nc(-c2ccccc2)c2cc(-c4c(F)c(C#N)c(F)c(C#N)c4F)c4nn(-c5ccccc5)nc4c23)cc1. The van der Waals surface area contributed by atoms with Crippen LogP contribution in [0.3, 0.4) is 0 Å². The van der Waals surface area contributed by atoms with Gasteiger partial charge in [-0.2, -0.15) is 20.6 Å². The molecule has 0 N–H and O–H groups in total. The number of aromatic nitrogens is 4. The molecular formula is C40H18F3N7. The van der Waals surface area contributed by atoms with Crippen LogP contribution in [0.15, 0.2) is 109 Å². The molecule has 0 amide bonds. The van der Waals surface area contributed by atoms with Crippen LogP contribution in [-0.4, -0.2) is 20.0 Å². The van der Waals surface area contributed by atoms with Crippen molar-refractivity contribution in [1.29, 1.82) is 15.8 Å². The van der Waals surface area contributed by atoms with Gasteiger partial charge in [0, 0.05) is 27.3 Å². The average molecular weight is 654 g/mol. The Labute approximate surface area is 281 Å². The van der Waals surface area contributed by atoms with Crippen molar-refractivity contribution in [2.24, 2.45) is 0 Å². The summed E-state index contributed by atoms with van der Waals surface area (Å²) < 4.78 is 47.1. The van der Waals surface area contributed by atoms with Crippen LogP contribution in [0.25, 0.3) is 71.9 Å². The van der Waals surface area contributed by atoms with Crippen molar-refractivity contribution in [3.05, 3.63) is 143 Å². The molecule has 0 aliphatic rings. The molecule has 8 aromatic rings. The molecule has 0 radical (unpaired) electrons. The van der Waals surface area contributed by atoms with E-state index in [-0.39, 0.29) is 16.6 Å². The largest absolute Gasteiger partial charge is 0.247 e. The van der Waals surface area contributed by atoms with E-state index in [1.54, 1.807) is 36.4 Å². The highest BCUT2D eigenvalue weighted by Gasteiger charge is 2.30. The van der Waals surface area contributed by atoms with Gasteiger partial charge in [-0.25, -0.2) is 18.2 Å². The fourth-order valence-corrected chi connectivity index (χ4v) is 6.24. The number of hydrogen-bond acceptors (Lipinski definition) is 6. The molecule has 0 saturated heterocycles. The monoisotopic (exact) mass is 653 g/mol. The molecule has 8 rings (SSSR count). The zero-order valence-corrected chi connectivity index (χ0v) is 25.7. The Bertz CT molecular complexity index is 2770. The molecule has 0 atom stereocenters. The third-order valence-corrected chi connectivity index (χ3v) is 8.61. The van der Waals surface area contributed by atoms with Gasteiger partial charge >= 0.3 is 0 Å². The second-order valence-electron chi connectivity index (χ2n) is 11.4. The van der Waals surface area contributed by atoms with Crippen molar-refractivity contribution in [3.8, 4) is 57.4 Å². The summed E-state index contributed by atoms with van der Waals surface area (Å²) in [5.74, 6) is -4.49. The van der Waals surface area contributed by atoms with Crippen molar-refractivity contribution in [1.82, 2.24) is 20.0 Å². The van der Waals surface area contributed by atoms with Gasteiger partial charge in [0.15, 0.2) is 17.5 Å². The summed E-state index contributed by atoms with van der Waals surface area (Å²) in [6.45, 7) is 0. The standard InChI is InChI=1S/C40H18F3N7/c41-35-30(20-45)36(42)34(37(43)31(35)21-46)29-18-28-33(40-39(29)48-50(49-40)26-9-5-2-6-10-26)27-16-15-25(23-13-11-22(19-44)12-14-23)17-32(27)47-38(28)24-7-3-1-4-8-24/h1-18H. The first-order valence-electron chi connectivity index (χ1n) is 15.2. The van der Waals surface area contributed by atoms with Gasteiger partial charge in [0.25, 0.3) is 0 Å². The van der Waals surface area contributed by atoms with E-state index >= 15 is 8.78 Å². The topological polar surface area (TPSA) is 115 Å². The van der Waals surface area contributed by atoms with Gasteiger partial charge in [-0.3, -0.25) is 0 Å². The summed E-state index contributed by atoms with van der Waals surface area (Å²) in [6.07, 6.45) is 0. The Morgan fingerprint density at radius 3 is 1.82 bits per heavy atom. The third-order valence-electron chi connectivity index (χ3n) is 8.61. The molecule has 0 bridgehead atoms. The molecule has 0 unspecified atom stereocenters. The number of halogens is 3. The fraction of sp³-hybridized carbons (Fsp3) is 0. The second-order valence-corrected chi connectivity index (χ2v) is 11.4. The quantitative estimate of drug-likeness (QED) is 0.175. The van der Waals surface area contributed by atoms with Crippen LogP contribution >= 0.6 is 0 Å². The van der Waals surface area contributed by atoms with E-state index in [2.05, 4.69) is 11.2 Å². The van der Waals surface area contributed by atoms with Crippen LogP contribution in [0.5, 0.6) is 0 Å². The average Bonchev–Trinajstić information content (AvgIpc) is 3.61. The van der Waals surface area contributed by atoms with Crippen molar-refractivity contribution in [3.63, 3.8) is 0 Å². The van der Waals surface area contributed by atoms with Crippen LogP contribution in [0, 0.1) is 51.4 Å². The van der Waals surface area contributed by atoms with Gasteiger partial charge in [0.05, 0.1) is 34.1 Å². The lowest BCUT2D eigenvalue weighted by molar-refractivity contribution is 0.539. The van der Waals surface area contributed by atoms with Gasteiger partial charge in [0.2, 0.25) is 0 Å². The Balaban J connectivity index is 1.55. The molecule has 7 nitrogen and oxygen atoms in total. The lowest BCUT2D eigenvalue weighted by Crippen LogP contribution is -2.04. The summed E-state index contributed by atoms with van der Waals surface area (Å²) in [4.78, 5) is 6.40. The number of pyridine rings is 1. The van der Waals surface area contributed by atoms with Crippen molar-refractivity contribution in [2.45, 2.75) is 0 Å². The molecule has 50 heavy (non-hydrogen) atoms. The summed E-state index contributed by atoms with van der Waals surface area (Å²) in [5, 5.41) is 39.8. The minimum atomic E-state index is -1.57. The highest BCUT2D eigenvalue weighted by atomic mass is 19.1. The highest BCUT2D eigenvalue weighted by molar-refractivity contribution is 6.23. The van der Waals surface area contributed by atoms with Crippen LogP contribution in [-0.2, 0) is 0 Å². The van der Waals surface area contributed by atoms with E-state index in [0.29, 0.717) is 44.2 Å². The van der Waals surface area contributed by atoms with E-state index in [1.807, 2.05) is 66.7 Å². The maximum Gasteiger partial charge on any atom is 0.164 e. The summed E-state index contributed by atoms with van der Waals surface area (Å²) in [5.41, 5.74) is 1.79. The van der Waals surface area contributed by atoms with Gasteiger partial charge in [-0.15, -0.1) is 10.2 Å². The lowest BCUT2D eigenvalue weighted by Gasteiger charge is -2.15. The molecule has 0 fully saturated rings. The first kappa shape index (κ1) is 30.0. The van der Waals surface area contributed by atoms with Crippen molar-refractivity contribution >= 4 is 32.7 Å². The fourth-order valence-electron chi connectivity index (χ4n) is 6.24. The van der Waals surface area contributed by atoms with Gasteiger partial charge < -0.3 is 0 Å². The first-order valence-corrected chi connectivity index (χ1v) is 15.2. The summed E-state index contributed by atoms with van der Waals surface area (Å²) in [7, 11) is 0. The zero-order chi connectivity index (χ0) is 34.5. The van der Waals surface area contributed by atoms with E-state index in [9.17, 15) is 20.2 Å². The third kappa shape index (κ3) is 4.62. The zero-order valence-electron chi connectivity index (χ0n) is 25.7. The number of nitrogens with zero attached hydrogens (tertiary/aromatic N) is 7. The Kier molecular flexibility index (Phi) is 7.03. The number of nitriles is 3. The van der Waals surface area contributed by atoms with Gasteiger partial charge in [-0.05, 0) is 47.5 Å². The van der Waals surface area contributed by atoms with Gasteiger partial charge in [0.1, 0.15) is 34.3 Å². The van der Waals surface area contributed by atoms with E-state index in [1.165, 1.54) is 23.0 Å². The van der Waals surface area contributed by atoms with Crippen LogP contribution in [0.2, 0.25) is 0 Å². The molecule has 6 aromatic carbocycles. The van der Waals surface area contributed by atoms with E-state index in [4.69, 9.17) is 10.1 Å². The van der Waals surface area contributed by atoms with Crippen molar-refractivity contribution < 1.29 is 13.2 Å². The number of hydrogen-bond donors (Lipinski definition) is 0. The van der Waals surface area contributed by atoms with Crippen LogP contribution in [0.1, 0.15) is 16.7 Å².